The molecule has 0 amide bonds. The minimum absolute atomic E-state index is 0. The third-order valence-electron chi connectivity index (χ3n) is 0.586. The Labute approximate surface area is 164 Å². The van der Waals surface area contributed by atoms with Gasteiger partial charge in [-0.1, -0.05) is 0 Å². The molecule has 125 valence electrons. The van der Waals surface area contributed by atoms with Crippen LogP contribution in [0.15, 0.2) is 18.2 Å². The molecule has 0 atom stereocenters. The molecule has 1 rings (SSSR count). The van der Waals surface area contributed by atoms with E-state index in [0.29, 0.717) is 23.8 Å². The molecule has 0 fully saturated rings. The van der Waals surface area contributed by atoms with Crippen molar-refractivity contribution in [2.24, 2.45) is 0 Å². The summed E-state index contributed by atoms with van der Waals surface area (Å²) in [5.74, 6) is 0. The smallest absolute Gasteiger partial charge is 1.00 e. The molecule has 0 unspecified atom stereocenters. The van der Waals surface area contributed by atoms with Crippen molar-refractivity contribution in [2.45, 2.75) is 6.42 Å². The summed E-state index contributed by atoms with van der Waals surface area (Å²) in [6, 6.07) is 0. The van der Waals surface area contributed by atoms with Crippen molar-refractivity contribution in [3.63, 3.8) is 0 Å². The van der Waals surface area contributed by atoms with Gasteiger partial charge in [0.2, 0.25) is 0 Å². The van der Waals surface area contributed by atoms with E-state index in [2.05, 4.69) is 72.1 Å². The quantitative estimate of drug-likeness (QED) is 0.233. The Hall–Kier alpha value is 2.25. The molecule has 1 aliphatic rings. The third kappa shape index (κ3) is 143. The van der Waals surface area contributed by atoms with Crippen molar-refractivity contribution in [3.05, 3.63) is 24.3 Å². The van der Waals surface area contributed by atoms with Gasteiger partial charge in [0.1, 0.15) is 0 Å². The molecular weight excluding hydrogens is 477 g/mol. The fraction of sp³-hybridized carbons (Fsp3) is 0.714. The minimum atomic E-state index is 0. The molecule has 0 saturated carbocycles. The van der Waals surface area contributed by atoms with Crippen molar-refractivity contribution in [2.75, 3.05) is 60.0 Å². The molecule has 0 aromatic carbocycles. The van der Waals surface area contributed by atoms with Gasteiger partial charge in [-0.2, -0.15) is 6.08 Å². The van der Waals surface area contributed by atoms with Gasteiger partial charge in [-0.05, 0) is 60.0 Å². The largest absolute Gasteiger partial charge is 3.00 e. The summed E-state index contributed by atoms with van der Waals surface area (Å²) >= 11 is 0. The van der Waals surface area contributed by atoms with Crippen LogP contribution in [0, 0.1) is 6.08 Å². The van der Waals surface area contributed by atoms with Crippen molar-refractivity contribution < 1.29 is 51.0 Å². The molecule has 20 heavy (non-hydrogen) atoms. The van der Waals surface area contributed by atoms with Gasteiger partial charge in [0, 0.05) is 0 Å². The fourth-order valence-corrected chi connectivity index (χ4v) is 0.340. The number of hydrogen-bond donors (Lipinski definition) is 0. The van der Waals surface area contributed by atoms with E-state index < -0.39 is 0 Å². The van der Waals surface area contributed by atoms with E-state index in [1.807, 2.05) is 12.2 Å². The predicted molar refractivity (Wildman–Crippen MR) is 95.6 cm³/mol. The Morgan fingerprint density at radius 2 is 0.950 bits per heavy atom. The molecular formula is C14H32Br2FeP3. The molecule has 0 aromatic rings. The normalized spacial score (nSPS) is 9.80. The molecule has 0 N–H and O–H groups in total. The first kappa shape index (κ1) is 38.0. The average Bonchev–Trinajstić information content (AvgIpc) is 2.53. The maximum absolute atomic E-state index is 2.99. The summed E-state index contributed by atoms with van der Waals surface area (Å²) in [7, 11) is 1.14. The summed E-state index contributed by atoms with van der Waals surface area (Å²) in [4.78, 5) is 0. The van der Waals surface area contributed by atoms with Crippen LogP contribution in [-0.2, 0) is 17.1 Å². The second-order valence-electron chi connectivity index (χ2n) is 5.03. The molecule has 0 heterocycles. The van der Waals surface area contributed by atoms with E-state index in [0.717, 1.165) is 6.42 Å². The van der Waals surface area contributed by atoms with E-state index >= 15 is 0 Å². The summed E-state index contributed by atoms with van der Waals surface area (Å²) in [5.41, 5.74) is 0. The maximum atomic E-state index is 2.99. The summed E-state index contributed by atoms with van der Waals surface area (Å²) in [5, 5.41) is 0. The monoisotopic (exact) mass is 507 g/mol. The van der Waals surface area contributed by atoms with Crippen LogP contribution in [0.25, 0.3) is 0 Å². The van der Waals surface area contributed by atoms with Crippen LogP contribution in [0.2, 0.25) is 0 Å². The van der Waals surface area contributed by atoms with Gasteiger partial charge in [0.05, 0.1) is 0 Å². The van der Waals surface area contributed by atoms with Gasteiger partial charge < -0.3 is 34.0 Å². The first-order valence-corrected chi connectivity index (χ1v) is 13.8. The second-order valence-corrected chi connectivity index (χ2v) is 13.1. The summed E-state index contributed by atoms with van der Waals surface area (Å²) in [6.07, 6.45) is 10.0. The number of hydrogen-bond acceptors (Lipinski definition) is 0. The zero-order valence-electron chi connectivity index (χ0n) is 14.4. The molecule has 6 heteroatoms. The van der Waals surface area contributed by atoms with E-state index in [1.54, 1.807) is 0 Å². The Kier molecular flexibility index (Phi) is 62.8. The van der Waals surface area contributed by atoms with Gasteiger partial charge in [-0.25, -0.2) is 12.2 Å². The van der Waals surface area contributed by atoms with Crippen LogP contribution < -0.4 is 34.0 Å². The van der Waals surface area contributed by atoms with Crippen LogP contribution in [-0.4, -0.2) is 60.0 Å². The molecule has 0 spiro atoms. The van der Waals surface area contributed by atoms with E-state index in [4.69, 9.17) is 0 Å². The topological polar surface area (TPSA) is 0 Å². The van der Waals surface area contributed by atoms with Crippen LogP contribution in [0.5, 0.6) is 0 Å². The Bertz CT molecular complexity index is 153. The molecule has 0 saturated heterocycles. The van der Waals surface area contributed by atoms with E-state index in [1.165, 1.54) is 0 Å². The standard InChI is InChI=1S/C5H5.3C3H9P.2BrH.Fe/c1-2-4-5-3-1;3*1-4(2)3;;;/h1-3H,4H2;3*1-3H3;2*1H;/q-1;;;;;;+3/p-2. The molecule has 0 aromatic heterocycles. The van der Waals surface area contributed by atoms with Gasteiger partial charge in [0.25, 0.3) is 0 Å². The number of allylic oxidation sites excluding steroid dienone is 4. The number of halogens is 2. The Morgan fingerprint density at radius 3 is 1.00 bits per heavy atom. The molecule has 1 radical (unpaired) electrons. The predicted octanol–water partition coefficient (Wildman–Crippen LogP) is -0.616. The van der Waals surface area contributed by atoms with Gasteiger partial charge in [-0.15, -0.1) is 30.2 Å². The van der Waals surface area contributed by atoms with Crippen molar-refractivity contribution in [3.8, 4) is 0 Å². The fourth-order valence-electron chi connectivity index (χ4n) is 0.340. The van der Waals surface area contributed by atoms with Gasteiger partial charge in [-0.3, -0.25) is 6.08 Å². The molecule has 1 aliphatic carbocycles. The molecule has 0 bridgehead atoms. The summed E-state index contributed by atoms with van der Waals surface area (Å²) < 4.78 is 0. The van der Waals surface area contributed by atoms with E-state index in [9.17, 15) is 0 Å². The molecule has 0 aliphatic heterocycles. The average molecular weight is 509 g/mol. The zero-order valence-corrected chi connectivity index (χ0v) is 21.3. The SMILES string of the molecule is CP(C)C.CP(C)C.CP(C)C.[Br-].[Br-].[C-]1=CC=CC1.[Fe+3]. The Balaban J connectivity index is -0.0000000314. The second kappa shape index (κ2) is 33.0. The van der Waals surface area contributed by atoms with Crippen LogP contribution >= 0.6 is 23.8 Å². The van der Waals surface area contributed by atoms with E-state index in [-0.39, 0.29) is 51.0 Å². The van der Waals surface area contributed by atoms with Gasteiger partial charge in [0.15, 0.2) is 0 Å². The summed E-state index contributed by atoms with van der Waals surface area (Å²) in [6.45, 7) is 20.1. The molecule has 0 nitrogen and oxygen atoms in total. The van der Waals surface area contributed by atoms with Crippen molar-refractivity contribution >= 4 is 23.8 Å². The van der Waals surface area contributed by atoms with Crippen molar-refractivity contribution in [1.29, 1.82) is 0 Å². The van der Waals surface area contributed by atoms with Gasteiger partial charge >= 0.3 is 17.1 Å². The third-order valence-corrected chi connectivity index (χ3v) is 0.586. The number of rotatable bonds is 0. The first-order valence-electron chi connectivity index (χ1n) is 5.74. The maximum Gasteiger partial charge on any atom is 3.00 e. The first-order chi connectivity index (χ1) is 7.70. The van der Waals surface area contributed by atoms with Crippen LogP contribution in [0.4, 0.5) is 0 Å². The van der Waals surface area contributed by atoms with Crippen LogP contribution in [0.1, 0.15) is 6.42 Å². The zero-order chi connectivity index (χ0) is 14.3. The van der Waals surface area contributed by atoms with Crippen molar-refractivity contribution in [1.82, 2.24) is 0 Å². The Morgan fingerprint density at radius 1 is 0.700 bits per heavy atom. The van der Waals surface area contributed by atoms with Crippen LogP contribution in [0.3, 0.4) is 0 Å². The minimum Gasteiger partial charge on any atom is -1.00 e.